The van der Waals surface area contributed by atoms with Crippen LogP contribution in [0.25, 0.3) is 0 Å². The van der Waals surface area contributed by atoms with Crippen molar-refractivity contribution in [3.8, 4) is 0 Å². The minimum absolute atomic E-state index is 0.0208. The van der Waals surface area contributed by atoms with Crippen LogP contribution in [0.1, 0.15) is 54.4 Å². The molecule has 0 bridgehead atoms. The van der Waals surface area contributed by atoms with Gasteiger partial charge in [-0.1, -0.05) is 41.5 Å². The highest BCUT2D eigenvalue weighted by Gasteiger charge is 2.20. The van der Waals surface area contributed by atoms with Crippen LogP contribution in [0.15, 0.2) is 0 Å². The Labute approximate surface area is 273 Å². The number of nitrogens with one attached hydrogen (secondary N) is 1. The summed E-state index contributed by atoms with van der Waals surface area (Å²) in [4.78, 5) is 67.9. The van der Waals surface area contributed by atoms with Gasteiger partial charge in [-0.2, -0.15) is 0 Å². The van der Waals surface area contributed by atoms with Gasteiger partial charge in [0, 0.05) is 0 Å². The molecule has 0 aromatic heterocycles. The van der Waals surface area contributed by atoms with Crippen LogP contribution in [0.2, 0.25) is 0 Å². The van der Waals surface area contributed by atoms with E-state index in [1.807, 2.05) is 0 Å². The third kappa shape index (κ3) is 49.1. The third-order valence-electron chi connectivity index (χ3n) is 4.89. The van der Waals surface area contributed by atoms with E-state index in [0.717, 1.165) is 19.4 Å². The molecule has 0 aromatic carbocycles. The fourth-order valence-corrected chi connectivity index (χ4v) is 1.75. The normalized spacial score (nSPS) is 14.3. The van der Waals surface area contributed by atoms with E-state index in [4.69, 9.17) is 52.9 Å². The number of hydrogen-bond acceptors (Lipinski definition) is 14. The van der Waals surface area contributed by atoms with Crippen LogP contribution in [-0.4, -0.2) is 128 Å². The van der Waals surface area contributed by atoms with Gasteiger partial charge in [0.25, 0.3) is 0 Å². The Hall–Kier alpha value is -3.99. The zero-order valence-corrected chi connectivity index (χ0v) is 27.7. The number of carboxylic acids is 7. The summed E-state index contributed by atoms with van der Waals surface area (Å²) in [5.74, 6) is -6.35. The van der Waals surface area contributed by atoms with Crippen molar-refractivity contribution < 1.29 is 69.3 Å². The number of carboxylic acid groups (broad SMARTS) is 7. The SMILES string of the molecule is CC(C)[C@H](N)C(=O)O.CC(C)[C@H](N)C(=O)O.CC(C)[C@H](N)C(=O)O.NCC(=O)O.NCC(=O)O.NCC(=O)O.O=C(O)[C@@H]1CCCN1. The summed E-state index contributed by atoms with van der Waals surface area (Å²) in [5.41, 5.74) is 29.2. The molecule has 47 heavy (non-hydrogen) atoms. The van der Waals surface area contributed by atoms with Crippen LogP contribution in [0.3, 0.4) is 0 Å². The fourth-order valence-electron chi connectivity index (χ4n) is 1.75. The molecule has 21 nitrogen and oxygen atoms in total. The van der Waals surface area contributed by atoms with E-state index in [1.165, 1.54) is 0 Å². The maximum absolute atomic E-state index is 10.1. The Bertz CT molecular complexity index is 774. The Morgan fingerprint density at radius 2 is 0.766 bits per heavy atom. The molecule has 20 N–H and O–H groups in total. The molecule has 1 rings (SSSR count). The number of carbonyl (C=O) groups is 7. The van der Waals surface area contributed by atoms with E-state index < -0.39 is 59.9 Å². The molecule has 1 heterocycles. The molecule has 0 saturated carbocycles. The Morgan fingerprint density at radius 1 is 0.553 bits per heavy atom. The molecule has 0 unspecified atom stereocenters. The molecule has 1 aliphatic rings. The predicted molar refractivity (Wildman–Crippen MR) is 170 cm³/mol. The molecule has 280 valence electrons. The quantitative estimate of drug-likeness (QED) is 0.109. The maximum atomic E-state index is 10.1. The van der Waals surface area contributed by atoms with E-state index in [2.05, 4.69) is 22.5 Å². The summed E-state index contributed by atoms with van der Waals surface area (Å²) in [6.07, 6.45) is 1.78. The average Bonchev–Trinajstić information content (AvgIpc) is 3.53. The van der Waals surface area contributed by atoms with Gasteiger partial charge in [0.15, 0.2) is 0 Å². The smallest absolute Gasteiger partial charge is 0.320 e. The Kier molecular flexibility index (Phi) is 41.1. The molecule has 0 spiro atoms. The minimum atomic E-state index is -0.968. The van der Waals surface area contributed by atoms with Crippen LogP contribution in [-0.2, 0) is 33.6 Å². The van der Waals surface area contributed by atoms with E-state index in [-0.39, 0.29) is 43.4 Å². The Balaban J connectivity index is -0.000000106. The average molecular weight is 692 g/mol. The second-order valence-corrected chi connectivity index (χ2v) is 10.1. The molecular formula is C26H57N7O14. The van der Waals surface area contributed by atoms with Gasteiger partial charge in [0.2, 0.25) is 0 Å². The van der Waals surface area contributed by atoms with Gasteiger partial charge >= 0.3 is 41.8 Å². The first kappa shape index (κ1) is 55.4. The van der Waals surface area contributed by atoms with E-state index in [0.29, 0.717) is 0 Å². The van der Waals surface area contributed by atoms with Gasteiger partial charge in [-0.15, -0.1) is 0 Å². The van der Waals surface area contributed by atoms with Gasteiger partial charge in [-0.05, 0) is 37.1 Å². The lowest BCUT2D eigenvalue weighted by Crippen LogP contribution is -2.34. The summed E-state index contributed by atoms with van der Waals surface area (Å²) < 4.78 is 0. The van der Waals surface area contributed by atoms with Crippen molar-refractivity contribution in [3.63, 3.8) is 0 Å². The van der Waals surface area contributed by atoms with Gasteiger partial charge in [0.05, 0.1) is 19.6 Å². The van der Waals surface area contributed by atoms with E-state index in [1.54, 1.807) is 41.5 Å². The third-order valence-corrected chi connectivity index (χ3v) is 4.89. The van der Waals surface area contributed by atoms with Crippen LogP contribution in [0, 0.1) is 17.8 Å². The first-order chi connectivity index (χ1) is 21.3. The van der Waals surface area contributed by atoms with Gasteiger partial charge in [-0.25, -0.2) is 0 Å². The molecule has 4 atom stereocenters. The van der Waals surface area contributed by atoms with Crippen molar-refractivity contribution in [3.05, 3.63) is 0 Å². The molecule has 0 amide bonds. The first-order valence-corrected chi connectivity index (χ1v) is 13.9. The predicted octanol–water partition coefficient (Wildman–Crippen LogP) is -2.93. The van der Waals surface area contributed by atoms with E-state index >= 15 is 0 Å². The number of nitrogens with two attached hydrogens (primary N) is 6. The topological polar surface area (TPSA) is 429 Å². The van der Waals surface area contributed by atoms with Crippen LogP contribution >= 0.6 is 0 Å². The van der Waals surface area contributed by atoms with Crippen molar-refractivity contribution in [2.24, 2.45) is 52.2 Å². The van der Waals surface area contributed by atoms with Crippen LogP contribution in [0.5, 0.6) is 0 Å². The van der Waals surface area contributed by atoms with Crippen LogP contribution < -0.4 is 39.7 Å². The van der Waals surface area contributed by atoms with Gasteiger partial charge < -0.3 is 75.5 Å². The summed E-state index contributed by atoms with van der Waals surface area (Å²) in [6.45, 7) is 10.7. The monoisotopic (exact) mass is 691 g/mol. The molecular weight excluding hydrogens is 634 g/mol. The highest BCUT2D eigenvalue weighted by molar-refractivity contribution is 5.74. The van der Waals surface area contributed by atoms with E-state index in [9.17, 15) is 33.6 Å². The van der Waals surface area contributed by atoms with Crippen molar-refractivity contribution >= 4 is 41.8 Å². The molecule has 1 fully saturated rings. The molecule has 0 radical (unpaired) electrons. The molecule has 21 heteroatoms. The summed E-state index contributed by atoms with van der Waals surface area (Å²) in [5, 5.41) is 58.7. The summed E-state index contributed by atoms with van der Waals surface area (Å²) in [6, 6.07) is -2.41. The standard InChI is InChI=1S/C5H9NO2.3C5H11NO2.3C2H5NO2/c7-5(8)4-2-1-3-6-4;3*1-3(2)4(6)5(7)8;3*3-1-2(4)5/h4,6H,1-3H2,(H,7,8);3*3-4H,6H2,1-2H3,(H,7,8);3*1,3H2,(H,4,5)/t4*4-;;;/m0000.../s1. The highest BCUT2D eigenvalue weighted by Crippen LogP contribution is 2.03. The second-order valence-electron chi connectivity index (χ2n) is 10.1. The van der Waals surface area contributed by atoms with Crippen molar-refractivity contribution in [2.45, 2.75) is 78.6 Å². The lowest BCUT2D eigenvalue weighted by atomic mass is 10.1. The molecule has 1 saturated heterocycles. The zero-order valence-electron chi connectivity index (χ0n) is 27.7. The van der Waals surface area contributed by atoms with Gasteiger partial charge in [-0.3, -0.25) is 33.6 Å². The van der Waals surface area contributed by atoms with Crippen LogP contribution in [0.4, 0.5) is 0 Å². The number of rotatable bonds is 10. The maximum Gasteiger partial charge on any atom is 0.320 e. The Morgan fingerprint density at radius 3 is 0.809 bits per heavy atom. The lowest BCUT2D eigenvalue weighted by molar-refractivity contribution is -0.140. The zero-order chi connectivity index (χ0) is 39.0. The van der Waals surface area contributed by atoms with Gasteiger partial charge in [0.1, 0.15) is 24.2 Å². The molecule has 1 aliphatic heterocycles. The van der Waals surface area contributed by atoms with Crippen molar-refractivity contribution in [1.29, 1.82) is 0 Å². The highest BCUT2D eigenvalue weighted by atomic mass is 16.4. The molecule has 0 aliphatic carbocycles. The van der Waals surface area contributed by atoms with Crippen molar-refractivity contribution in [2.75, 3.05) is 26.2 Å². The second kappa shape index (κ2) is 34.9. The summed E-state index contributed by atoms with van der Waals surface area (Å²) >= 11 is 0. The first-order valence-electron chi connectivity index (χ1n) is 13.9. The summed E-state index contributed by atoms with van der Waals surface area (Å²) in [7, 11) is 0. The van der Waals surface area contributed by atoms with Crippen molar-refractivity contribution in [1.82, 2.24) is 5.32 Å². The largest absolute Gasteiger partial charge is 0.480 e. The number of hydrogen-bond donors (Lipinski definition) is 14. The fraction of sp³-hybridized carbons (Fsp3) is 0.731. The molecule has 0 aromatic rings. The lowest BCUT2D eigenvalue weighted by Gasteiger charge is -2.07. The minimum Gasteiger partial charge on any atom is -0.480 e. The number of aliphatic carboxylic acids is 7.